The molecule has 3 rings (SSSR count). The van der Waals surface area contributed by atoms with E-state index in [0.717, 1.165) is 29.4 Å². The predicted molar refractivity (Wildman–Crippen MR) is 78.9 cm³/mol. The fourth-order valence-electron chi connectivity index (χ4n) is 2.65. The lowest BCUT2D eigenvalue weighted by molar-refractivity contribution is 0.0627. The zero-order valence-corrected chi connectivity index (χ0v) is 11.3. The van der Waals surface area contributed by atoms with Gasteiger partial charge in [0.1, 0.15) is 11.6 Å². The number of ether oxygens (including phenoxy) is 1. The topological polar surface area (TPSA) is 80.4 Å². The van der Waals surface area contributed by atoms with Crippen LogP contribution < -0.4 is 11.1 Å². The molecular weight excluding hydrogens is 254 g/mol. The normalized spacial score (nSPS) is 18.1. The van der Waals surface area contributed by atoms with Gasteiger partial charge in [0.2, 0.25) is 0 Å². The van der Waals surface area contributed by atoms with Crippen LogP contribution in [0.15, 0.2) is 30.5 Å². The molecule has 20 heavy (non-hydrogen) atoms. The third kappa shape index (κ3) is 2.42. The van der Waals surface area contributed by atoms with E-state index in [4.69, 9.17) is 10.5 Å². The maximum Gasteiger partial charge on any atom is 0.134 e. The quantitative estimate of drug-likeness (QED) is 0.795. The van der Waals surface area contributed by atoms with Gasteiger partial charge in [0.25, 0.3) is 0 Å². The molecule has 2 aromatic rings. The standard InChI is InChI=1S/C15H19N3O2/c16-10-15(4-7-20-8-5-15)18-14-13-9-12(19)2-1-11(13)3-6-17-14/h1-3,6,9,19H,4-5,7-8,10,16H2,(H,17,18). The van der Waals surface area contributed by atoms with E-state index in [9.17, 15) is 5.11 Å². The van der Waals surface area contributed by atoms with Crippen molar-refractivity contribution >= 4 is 16.6 Å². The van der Waals surface area contributed by atoms with Crippen molar-refractivity contribution in [3.05, 3.63) is 30.5 Å². The Morgan fingerprint density at radius 3 is 2.85 bits per heavy atom. The highest BCUT2D eigenvalue weighted by Crippen LogP contribution is 2.30. The minimum Gasteiger partial charge on any atom is -0.508 e. The zero-order valence-electron chi connectivity index (χ0n) is 11.3. The van der Waals surface area contributed by atoms with Crippen molar-refractivity contribution in [1.82, 2.24) is 4.98 Å². The number of anilines is 1. The Hall–Kier alpha value is -1.85. The smallest absolute Gasteiger partial charge is 0.134 e. The highest BCUT2D eigenvalue weighted by atomic mass is 16.5. The molecule has 1 aliphatic heterocycles. The number of nitrogens with zero attached hydrogens (tertiary/aromatic N) is 1. The van der Waals surface area contributed by atoms with Crippen LogP contribution in [-0.4, -0.2) is 35.4 Å². The summed E-state index contributed by atoms with van der Waals surface area (Å²) in [6.07, 6.45) is 3.49. The van der Waals surface area contributed by atoms with E-state index in [1.165, 1.54) is 0 Å². The third-order valence-electron chi connectivity index (χ3n) is 3.97. The van der Waals surface area contributed by atoms with E-state index in [-0.39, 0.29) is 11.3 Å². The molecule has 1 aromatic heterocycles. The summed E-state index contributed by atoms with van der Waals surface area (Å²) >= 11 is 0. The molecule has 0 amide bonds. The Morgan fingerprint density at radius 1 is 1.30 bits per heavy atom. The monoisotopic (exact) mass is 273 g/mol. The van der Waals surface area contributed by atoms with Crippen LogP contribution in [0.3, 0.4) is 0 Å². The van der Waals surface area contributed by atoms with E-state index >= 15 is 0 Å². The van der Waals surface area contributed by atoms with E-state index in [1.807, 2.05) is 12.1 Å². The molecule has 0 aliphatic carbocycles. The number of nitrogens with two attached hydrogens (primary N) is 1. The molecule has 0 spiro atoms. The van der Waals surface area contributed by atoms with Crippen molar-refractivity contribution in [1.29, 1.82) is 0 Å². The van der Waals surface area contributed by atoms with Crippen LogP contribution in [0.4, 0.5) is 5.82 Å². The Bertz CT molecular complexity index is 609. The van der Waals surface area contributed by atoms with Gasteiger partial charge in [-0.15, -0.1) is 0 Å². The van der Waals surface area contributed by atoms with Crippen molar-refractivity contribution in [3.8, 4) is 5.75 Å². The van der Waals surface area contributed by atoms with Crippen LogP contribution in [0.25, 0.3) is 10.8 Å². The second-order valence-corrected chi connectivity index (χ2v) is 5.29. The lowest BCUT2D eigenvalue weighted by atomic mass is 9.90. The Labute approximate surface area is 117 Å². The SMILES string of the molecule is NCC1(Nc2nccc3ccc(O)cc23)CCOCC1. The third-order valence-corrected chi connectivity index (χ3v) is 3.97. The number of aromatic nitrogens is 1. The largest absolute Gasteiger partial charge is 0.508 e. The highest BCUT2D eigenvalue weighted by Gasteiger charge is 2.31. The summed E-state index contributed by atoms with van der Waals surface area (Å²) in [5.41, 5.74) is 5.79. The number of fused-ring (bicyclic) bond motifs is 1. The number of pyridine rings is 1. The van der Waals surface area contributed by atoms with Gasteiger partial charge in [0.05, 0.1) is 5.54 Å². The second-order valence-electron chi connectivity index (χ2n) is 5.29. The molecule has 4 N–H and O–H groups in total. The summed E-state index contributed by atoms with van der Waals surface area (Å²) in [7, 11) is 0. The molecule has 1 aliphatic rings. The number of hydrogen-bond donors (Lipinski definition) is 3. The maximum atomic E-state index is 9.68. The number of nitrogens with one attached hydrogen (secondary N) is 1. The first kappa shape index (κ1) is 13.1. The van der Waals surface area contributed by atoms with Gasteiger partial charge in [-0.2, -0.15) is 0 Å². The van der Waals surface area contributed by atoms with Crippen LogP contribution >= 0.6 is 0 Å². The number of rotatable bonds is 3. The van der Waals surface area contributed by atoms with Gasteiger partial charge in [-0.3, -0.25) is 0 Å². The molecule has 0 bridgehead atoms. The second kappa shape index (κ2) is 5.26. The number of phenols is 1. The Kier molecular flexibility index (Phi) is 3.46. The molecule has 0 saturated carbocycles. The summed E-state index contributed by atoms with van der Waals surface area (Å²) in [4.78, 5) is 4.42. The van der Waals surface area contributed by atoms with Gasteiger partial charge in [-0.05, 0) is 36.4 Å². The van der Waals surface area contributed by atoms with Crippen molar-refractivity contribution in [2.24, 2.45) is 5.73 Å². The van der Waals surface area contributed by atoms with Crippen LogP contribution in [0.2, 0.25) is 0 Å². The molecule has 106 valence electrons. The van der Waals surface area contributed by atoms with Gasteiger partial charge in [-0.25, -0.2) is 4.98 Å². The first-order valence-corrected chi connectivity index (χ1v) is 6.86. The lowest BCUT2D eigenvalue weighted by Crippen LogP contribution is -2.49. The van der Waals surface area contributed by atoms with E-state index in [0.29, 0.717) is 19.8 Å². The Balaban J connectivity index is 1.99. The van der Waals surface area contributed by atoms with Crippen LogP contribution in [0.1, 0.15) is 12.8 Å². The summed E-state index contributed by atoms with van der Waals surface area (Å²) in [5.74, 6) is 1.01. The Morgan fingerprint density at radius 2 is 2.10 bits per heavy atom. The van der Waals surface area contributed by atoms with E-state index < -0.39 is 0 Å². The number of hydrogen-bond acceptors (Lipinski definition) is 5. The van der Waals surface area contributed by atoms with Gasteiger partial charge in [-0.1, -0.05) is 6.07 Å². The summed E-state index contributed by atoms with van der Waals surface area (Å²) in [6.45, 7) is 1.95. The van der Waals surface area contributed by atoms with E-state index in [1.54, 1.807) is 18.3 Å². The van der Waals surface area contributed by atoms with Crippen LogP contribution in [0.5, 0.6) is 5.75 Å². The molecule has 5 heteroatoms. The van der Waals surface area contributed by atoms with Crippen LogP contribution in [0, 0.1) is 0 Å². The average Bonchev–Trinajstić information content (AvgIpc) is 2.49. The molecule has 0 radical (unpaired) electrons. The predicted octanol–water partition coefficient (Wildman–Crippen LogP) is 1.86. The highest BCUT2D eigenvalue weighted by molar-refractivity contribution is 5.92. The zero-order chi connectivity index (χ0) is 14.0. The summed E-state index contributed by atoms with van der Waals surface area (Å²) in [5, 5.41) is 15.1. The fourth-order valence-corrected chi connectivity index (χ4v) is 2.65. The van der Waals surface area contributed by atoms with Crippen molar-refractivity contribution in [3.63, 3.8) is 0 Å². The number of phenolic OH excluding ortho intramolecular Hbond substituents is 1. The molecule has 5 nitrogen and oxygen atoms in total. The molecule has 1 saturated heterocycles. The van der Waals surface area contributed by atoms with Crippen molar-refractivity contribution in [2.45, 2.75) is 18.4 Å². The minimum atomic E-state index is -0.176. The molecule has 1 aromatic carbocycles. The first-order valence-electron chi connectivity index (χ1n) is 6.86. The van der Waals surface area contributed by atoms with Crippen LogP contribution in [-0.2, 0) is 4.74 Å². The molecular formula is C15H19N3O2. The summed E-state index contributed by atoms with van der Waals surface area (Å²) in [6, 6.07) is 7.23. The lowest BCUT2D eigenvalue weighted by Gasteiger charge is -2.37. The fraction of sp³-hybridized carbons (Fsp3) is 0.400. The molecule has 0 unspecified atom stereocenters. The maximum absolute atomic E-state index is 9.68. The van der Waals surface area contributed by atoms with Gasteiger partial charge in [0, 0.05) is 31.3 Å². The molecule has 0 atom stereocenters. The number of aromatic hydroxyl groups is 1. The first-order chi connectivity index (χ1) is 9.72. The van der Waals surface area contributed by atoms with E-state index in [2.05, 4.69) is 10.3 Å². The van der Waals surface area contributed by atoms with Gasteiger partial charge in [0.15, 0.2) is 0 Å². The number of benzene rings is 1. The molecule has 1 fully saturated rings. The molecule has 2 heterocycles. The minimum absolute atomic E-state index is 0.176. The summed E-state index contributed by atoms with van der Waals surface area (Å²) < 4.78 is 5.41. The average molecular weight is 273 g/mol. The van der Waals surface area contributed by atoms with Crippen molar-refractivity contribution < 1.29 is 9.84 Å². The van der Waals surface area contributed by atoms with Gasteiger partial charge < -0.3 is 20.9 Å². The van der Waals surface area contributed by atoms with Gasteiger partial charge >= 0.3 is 0 Å². The van der Waals surface area contributed by atoms with Crippen molar-refractivity contribution in [2.75, 3.05) is 25.1 Å².